The maximum atomic E-state index is 5.85. The first-order valence-electron chi connectivity index (χ1n) is 5.59. The monoisotopic (exact) mass is 205 g/mol. The second-order valence-corrected chi connectivity index (χ2v) is 4.56. The summed E-state index contributed by atoms with van der Waals surface area (Å²) in [5, 5.41) is 0. The molecule has 1 saturated carbocycles. The zero-order chi connectivity index (χ0) is 10.8. The molecule has 1 aromatic rings. The Bertz CT molecular complexity index is 331. The summed E-state index contributed by atoms with van der Waals surface area (Å²) in [6.07, 6.45) is 4.59. The molecule has 15 heavy (non-hydrogen) atoms. The van der Waals surface area contributed by atoms with Gasteiger partial charge in [0.2, 0.25) is 0 Å². The zero-order valence-corrected chi connectivity index (χ0v) is 9.48. The molecule has 0 radical (unpaired) electrons. The van der Waals surface area contributed by atoms with Gasteiger partial charge < -0.3 is 10.6 Å². The van der Waals surface area contributed by atoms with Crippen molar-refractivity contribution in [3.8, 4) is 0 Å². The standard InChI is InChI=1S/C12H19N3/c1-9(13)11-5-6-14-12(7-11)15(2)8-10-3-4-10/h5-7,9-10H,3-4,8,13H2,1-2H3/t9-/m1/s1. The maximum absolute atomic E-state index is 5.85. The van der Waals surface area contributed by atoms with Crippen LogP contribution >= 0.6 is 0 Å². The minimum Gasteiger partial charge on any atom is -0.359 e. The third-order valence-corrected chi connectivity index (χ3v) is 2.92. The Labute approximate surface area is 91.3 Å². The molecule has 1 heterocycles. The SMILES string of the molecule is C[C@@H](N)c1ccnc(N(C)CC2CC2)c1. The summed E-state index contributed by atoms with van der Waals surface area (Å²) in [5.41, 5.74) is 7.01. The van der Waals surface area contributed by atoms with Crippen molar-refractivity contribution in [2.45, 2.75) is 25.8 Å². The largest absolute Gasteiger partial charge is 0.359 e. The molecule has 1 aliphatic carbocycles. The fourth-order valence-corrected chi connectivity index (χ4v) is 1.71. The highest BCUT2D eigenvalue weighted by molar-refractivity contribution is 5.41. The quantitative estimate of drug-likeness (QED) is 0.817. The smallest absolute Gasteiger partial charge is 0.128 e. The highest BCUT2D eigenvalue weighted by Crippen LogP contribution is 2.30. The molecule has 0 bridgehead atoms. The first kappa shape index (κ1) is 10.4. The number of hydrogen-bond acceptors (Lipinski definition) is 3. The molecule has 2 N–H and O–H groups in total. The molecule has 2 rings (SSSR count). The van der Waals surface area contributed by atoms with Gasteiger partial charge in [0.1, 0.15) is 5.82 Å². The second-order valence-electron chi connectivity index (χ2n) is 4.56. The van der Waals surface area contributed by atoms with E-state index in [9.17, 15) is 0 Å². The van der Waals surface area contributed by atoms with E-state index in [1.165, 1.54) is 12.8 Å². The Morgan fingerprint density at radius 2 is 2.33 bits per heavy atom. The second kappa shape index (κ2) is 4.19. The summed E-state index contributed by atoms with van der Waals surface area (Å²) in [5.74, 6) is 1.92. The predicted octanol–water partition coefficient (Wildman–Crippen LogP) is 1.95. The summed E-state index contributed by atoms with van der Waals surface area (Å²) >= 11 is 0. The van der Waals surface area contributed by atoms with Crippen LogP contribution in [-0.4, -0.2) is 18.6 Å². The van der Waals surface area contributed by atoms with Crippen LogP contribution in [0.5, 0.6) is 0 Å². The van der Waals surface area contributed by atoms with E-state index in [2.05, 4.69) is 23.0 Å². The topological polar surface area (TPSA) is 42.1 Å². The van der Waals surface area contributed by atoms with Crippen molar-refractivity contribution < 1.29 is 0 Å². The van der Waals surface area contributed by atoms with Gasteiger partial charge in [-0.15, -0.1) is 0 Å². The first-order chi connectivity index (χ1) is 7.16. The summed E-state index contributed by atoms with van der Waals surface area (Å²) < 4.78 is 0. The summed E-state index contributed by atoms with van der Waals surface area (Å²) in [6, 6.07) is 4.16. The van der Waals surface area contributed by atoms with Gasteiger partial charge in [0, 0.05) is 25.8 Å². The molecule has 1 fully saturated rings. The summed E-state index contributed by atoms with van der Waals surface area (Å²) in [7, 11) is 2.10. The third kappa shape index (κ3) is 2.69. The van der Waals surface area contributed by atoms with Crippen LogP contribution in [0.15, 0.2) is 18.3 Å². The molecule has 0 aliphatic heterocycles. The lowest BCUT2D eigenvalue weighted by Gasteiger charge is -2.19. The fourth-order valence-electron chi connectivity index (χ4n) is 1.71. The number of nitrogens with zero attached hydrogens (tertiary/aromatic N) is 2. The van der Waals surface area contributed by atoms with Crippen molar-refractivity contribution in [2.24, 2.45) is 11.7 Å². The molecule has 1 atom stereocenters. The Morgan fingerprint density at radius 1 is 1.60 bits per heavy atom. The fraction of sp³-hybridized carbons (Fsp3) is 0.583. The van der Waals surface area contributed by atoms with Gasteiger partial charge in [0.15, 0.2) is 0 Å². The van der Waals surface area contributed by atoms with E-state index in [0.717, 1.165) is 23.8 Å². The number of rotatable bonds is 4. The number of hydrogen-bond donors (Lipinski definition) is 1. The van der Waals surface area contributed by atoms with Crippen LogP contribution in [0.25, 0.3) is 0 Å². The van der Waals surface area contributed by atoms with Gasteiger partial charge in [-0.05, 0) is 43.4 Å². The van der Waals surface area contributed by atoms with Gasteiger partial charge in [-0.2, -0.15) is 0 Å². The Morgan fingerprint density at radius 3 is 2.93 bits per heavy atom. The number of aromatic nitrogens is 1. The molecule has 82 valence electrons. The summed E-state index contributed by atoms with van der Waals surface area (Å²) in [6.45, 7) is 3.12. The molecule has 1 aromatic heterocycles. The Balaban J connectivity index is 2.08. The molecule has 1 aliphatic rings. The van der Waals surface area contributed by atoms with E-state index in [-0.39, 0.29) is 6.04 Å². The van der Waals surface area contributed by atoms with Crippen molar-refractivity contribution in [2.75, 3.05) is 18.5 Å². The van der Waals surface area contributed by atoms with Crippen molar-refractivity contribution in [3.63, 3.8) is 0 Å². The molecule has 0 unspecified atom stereocenters. The van der Waals surface area contributed by atoms with Crippen molar-refractivity contribution >= 4 is 5.82 Å². The lowest BCUT2D eigenvalue weighted by molar-refractivity contribution is 0.769. The average molecular weight is 205 g/mol. The molecular formula is C12H19N3. The average Bonchev–Trinajstić information content (AvgIpc) is 3.02. The molecule has 0 spiro atoms. The maximum Gasteiger partial charge on any atom is 0.128 e. The molecule has 0 amide bonds. The minimum atomic E-state index is 0.0843. The minimum absolute atomic E-state index is 0.0843. The summed E-state index contributed by atoms with van der Waals surface area (Å²) in [4.78, 5) is 6.60. The van der Waals surface area contributed by atoms with E-state index >= 15 is 0 Å². The molecular weight excluding hydrogens is 186 g/mol. The van der Waals surface area contributed by atoms with Crippen molar-refractivity contribution in [1.29, 1.82) is 0 Å². The van der Waals surface area contributed by atoms with Crippen LogP contribution in [0.3, 0.4) is 0 Å². The number of nitrogens with two attached hydrogens (primary N) is 1. The van der Waals surface area contributed by atoms with Gasteiger partial charge in [0.25, 0.3) is 0 Å². The lowest BCUT2D eigenvalue weighted by Crippen LogP contribution is -2.21. The van der Waals surface area contributed by atoms with Crippen molar-refractivity contribution in [3.05, 3.63) is 23.9 Å². The molecule has 3 nitrogen and oxygen atoms in total. The van der Waals surface area contributed by atoms with Crippen molar-refractivity contribution in [1.82, 2.24) is 4.98 Å². The van der Waals surface area contributed by atoms with E-state index in [1.807, 2.05) is 19.2 Å². The number of pyridine rings is 1. The lowest BCUT2D eigenvalue weighted by atomic mass is 10.1. The van der Waals surface area contributed by atoms with Gasteiger partial charge in [0.05, 0.1) is 0 Å². The Kier molecular flexibility index (Phi) is 2.91. The normalized spacial score (nSPS) is 17.5. The van der Waals surface area contributed by atoms with Crippen LogP contribution in [0.4, 0.5) is 5.82 Å². The van der Waals surface area contributed by atoms with Gasteiger partial charge in [-0.1, -0.05) is 0 Å². The third-order valence-electron chi connectivity index (χ3n) is 2.92. The van der Waals surface area contributed by atoms with Gasteiger partial charge in [-0.25, -0.2) is 4.98 Å². The highest BCUT2D eigenvalue weighted by Gasteiger charge is 2.23. The predicted molar refractivity (Wildman–Crippen MR) is 62.8 cm³/mol. The van der Waals surface area contributed by atoms with Crippen LogP contribution in [0.2, 0.25) is 0 Å². The van der Waals surface area contributed by atoms with E-state index in [4.69, 9.17) is 5.73 Å². The zero-order valence-electron chi connectivity index (χ0n) is 9.48. The first-order valence-corrected chi connectivity index (χ1v) is 5.59. The highest BCUT2D eigenvalue weighted by atomic mass is 15.2. The Hall–Kier alpha value is -1.09. The number of anilines is 1. The van der Waals surface area contributed by atoms with Crippen LogP contribution in [0.1, 0.15) is 31.4 Å². The van der Waals surface area contributed by atoms with Crippen LogP contribution in [0, 0.1) is 5.92 Å². The molecule has 0 aromatic carbocycles. The van der Waals surface area contributed by atoms with Gasteiger partial charge >= 0.3 is 0 Å². The van der Waals surface area contributed by atoms with E-state index in [1.54, 1.807) is 0 Å². The van der Waals surface area contributed by atoms with E-state index in [0.29, 0.717) is 0 Å². The van der Waals surface area contributed by atoms with Crippen LogP contribution < -0.4 is 10.6 Å². The molecule has 0 saturated heterocycles. The van der Waals surface area contributed by atoms with E-state index < -0.39 is 0 Å². The van der Waals surface area contributed by atoms with Gasteiger partial charge in [-0.3, -0.25) is 0 Å². The molecule has 3 heteroatoms. The van der Waals surface area contributed by atoms with Crippen LogP contribution in [-0.2, 0) is 0 Å².